The van der Waals surface area contributed by atoms with Gasteiger partial charge in [0.1, 0.15) is 0 Å². The molecule has 25 heavy (non-hydrogen) atoms. The van der Waals surface area contributed by atoms with Crippen LogP contribution in [0.2, 0.25) is 0 Å². The first-order valence-electron chi connectivity index (χ1n) is 8.66. The van der Waals surface area contributed by atoms with E-state index in [0.29, 0.717) is 25.6 Å². The average Bonchev–Trinajstić information content (AvgIpc) is 2.47. The largest absolute Gasteiger partial charge is 0.401 e. The first-order chi connectivity index (χ1) is 10.8. The summed E-state index contributed by atoms with van der Waals surface area (Å²) in [5, 5.41) is 2.98. The zero-order chi connectivity index (χ0) is 16.9. The molecule has 0 aromatic carbocycles. The average molecular weight is 408 g/mol. The van der Waals surface area contributed by atoms with Gasteiger partial charge in [-0.25, -0.2) is 0 Å². The van der Waals surface area contributed by atoms with Gasteiger partial charge in [0.15, 0.2) is 0 Å². The molecule has 1 aliphatic heterocycles. The summed E-state index contributed by atoms with van der Waals surface area (Å²) in [4.78, 5) is 13.6. The van der Waals surface area contributed by atoms with Gasteiger partial charge in [-0.1, -0.05) is 6.42 Å². The van der Waals surface area contributed by atoms with E-state index in [0.717, 1.165) is 44.9 Å². The fourth-order valence-corrected chi connectivity index (χ4v) is 3.70. The molecule has 2 rings (SSSR count). The predicted molar refractivity (Wildman–Crippen MR) is 97.3 cm³/mol. The minimum absolute atomic E-state index is 0. The lowest BCUT2D eigenvalue weighted by molar-refractivity contribution is -0.148. The highest BCUT2D eigenvalue weighted by molar-refractivity contribution is 5.85. The predicted octanol–water partition coefficient (Wildman–Crippen LogP) is 3.13. The Bertz CT molecular complexity index is 391. The van der Waals surface area contributed by atoms with E-state index in [4.69, 9.17) is 5.73 Å². The topological polar surface area (TPSA) is 58.4 Å². The summed E-state index contributed by atoms with van der Waals surface area (Å²) in [6.45, 7) is 0.804. The number of nitrogens with one attached hydrogen (secondary N) is 1. The van der Waals surface area contributed by atoms with E-state index >= 15 is 0 Å². The smallest absolute Gasteiger partial charge is 0.356 e. The summed E-state index contributed by atoms with van der Waals surface area (Å²) < 4.78 is 37.0. The van der Waals surface area contributed by atoms with Gasteiger partial charge in [-0.3, -0.25) is 9.69 Å². The molecule has 0 radical (unpaired) electrons. The molecular weight excluding hydrogens is 378 g/mol. The fourth-order valence-electron chi connectivity index (χ4n) is 3.70. The van der Waals surface area contributed by atoms with Crippen molar-refractivity contribution >= 4 is 30.7 Å². The van der Waals surface area contributed by atoms with Crippen LogP contribution < -0.4 is 11.1 Å². The second-order valence-corrected chi connectivity index (χ2v) is 7.04. The van der Waals surface area contributed by atoms with Crippen LogP contribution in [0.1, 0.15) is 44.9 Å². The number of carbonyl (C=O) groups excluding carboxylic acids is 1. The Morgan fingerprint density at radius 3 is 2.32 bits per heavy atom. The summed E-state index contributed by atoms with van der Waals surface area (Å²) in [6, 6.07) is 0.137. The van der Waals surface area contributed by atoms with E-state index in [1.807, 2.05) is 0 Å². The van der Waals surface area contributed by atoms with Crippen LogP contribution in [-0.4, -0.2) is 49.2 Å². The summed E-state index contributed by atoms with van der Waals surface area (Å²) in [5.41, 5.74) is 5.90. The van der Waals surface area contributed by atoms with Gasteiger partial charge in [-0.15, -0.1) is 24.8 Å². The molecule has 1 aliphatic carbocycles. The zero-order valence-corrected chi connectivity index (χ0v) is 16.0. The van der Waals surface area contributed by atoms with E-state index in [2.05, 4.69) is 5.32 Å². The van der Waals surface area contributed by atoms with Gasteiger partial charge in [0.2, 0.25) is 5.91 Å². The van der Waals surface area contributed by atoms with Crippen LogP contribution in [0.3, 0.4) is 0 Å². The Balaban J connectivity index is 0.00000288. The standard InChI is InChI=1S/C16H28F3N3O.2ClH/c17-16(18,19)11-22-8-5-12(6-9-22)4-7-21-15(23)13-2-1-3-14(20)10-13;;/h12-14H,1-11,20H2,(H,21,23);2*1H. The van der Waals surface area contributed by atoms with E-state index < -0.39 is 12.7 Å². The van der Waals surface area contributed by atoms with Crippen LogP contribution >= 0.6 is 24.8 Å². The Morgan fingerprint density at radius 2 is 1.76 bits per heavy atom. The molecule has 1 saturated carbocycles. The van der Waals surface area contributed by atoms with Crippen molar-refractivity contribution < 1.29 is 18.0 Å². The van der Waals surface area contributed by atoms with E-state index in [9.17, 15) is 18.0 Å². The van der Waals surface area contributed by atoms with Crippen LogP contribution in [0.5, 0.6) is 0 Å². The number of hydrogen-bond donors (Lipinski definition) is 2. The van der Waals surface area contributed by atoms with Crippen molar-refractivity contribution in [3.8, 4) is 0 Å². The maximum Gasteiger partial charge on any atom is 0.401 e. The SMILES string of the molecule is Cl.Cl.NC1CCCC(C(=O)NCCC2CCN(CC(F)(F)F)CC2)C1. The molecule has 1 amide bonds. The Morgan fingerprint density at radius 1 is 1.12 bits per heavy atom. The third-order valence-electron chi connectivity index (χ3n) is 5.05. The molecule has 3 N–H and O–H groups in total. The zero-order valence-electron chi connectivity index (χ0n) is 14.4. The Kier molecular flexibility index (Phi) is 11.4. The Labute approximate surface area is 160 Å². The number of halogens is 5. The first kappa shape index (κ1) is 24.8. The van der Waals surface area contributed by atoms with E-state index in [1.165, 1.54) is 4.90 Å². The van der Waals surface area contributed by atoms with Gasteiger partial charge in [-0.05, 0) is 57.5 Å². The van der Waals surface area contributed by atoms with Crippen molar-refractivity contribution in [2.45, 2.75) is 57.2 Å². The summed E-state index contributed by atoms with van der Waals surface area (Å²) >= 11 is 0. The van der Waals surface area contributed by atoms with E-state index in [1.54, 1.807) is 0 Å². The van der Waals surface area contributed by atoms with Gasteiger partial charge in [-0.2, -0.15) is 13.2 Å². The number of amides is 1. The second-order valence-electron chi connectivity index (χ2n) is 7.04. The lowest BCUT2D eigenvalue weighted by Gasteiger charge is -2.32. The number of nitrogens with two attached hydrogens (primary N) is 1. The van der Waals surface area contributed by atoms with Crippen LogP contribution in [0, 0.1) is 11.8 Å². The van der Waals surface area contributed by atoms with Gasteiger partial charge >= 0.3 is 6.18 Å². The molecule has 0 aromatic rings. The third-order valence-corrected chi connectivity index (χ3v) is 5.05. The van der Waals surface area contributed by atoms with Crippen LogP contribution in [0.25, 0.3) is 0 Å². The number of piperidine rings is 1. The summed E-state index contributed by atoms with van der Waals surface area (Å²) in [7, 11) is 0. The van der Waals surface area contributed by atoms with Crippen molar-refractivity contribution in [3.63, 3.8) is 0 Å². The number of rotatable bonds is 5. The molecule has 0 spiro atoms. The van der Waals surface area contributed by atoms with E-state index in [-0.39, 0.29) is 42.7 Å². The molecule has 4 nitrogen and oxygen atoms in total. The Hall–Kier alpha value is -0.240. The maximum absolute atomic E-state index is 12.3. The quantitative estimate of drug-likeness (QED) is 0.735. The molecule has 2 fully saturated rings. The molecule has 2 unspecified atom stereocenters. The lowest BCUT2D eigenvalue weighted by atomic mass is 9.85. The lowest BCUT2D eigenvalue weighted by Crippen LogP contribution is -2.41. The van der Waals surface area contributed by atoms with Crippen molar-refractivity contribution in [1.29, 1.82) is 0 Å². The maximum atomic E-state index is 12.3. The number of hydrogen-bond acceptors (Lipinski definition) is 3. The normalized spacial score (nSPS) is 25.6. The van der Waals surface area contributed by atoms with Crippen LogP contribution in [0.4, 0.5) is 13.2 Å². The highest BCUT2D eigenvalue weighted by Crippen LogP contribution is 2.25. The van der Waals surface area contributed by atoms with Gasteiger partial charge in [0.05, 0.1) is 6.54 Å². The fraction of sp³-hybridized carbons (Fsp3) is 0.938. The highest BCUT2D eigenvalue weighted by atomic mass is 35.5. The molecule has 0 aromatic heterocycles. The van der Waals surface area contributed by atoms with Crippen molar-refractivity contribution in [2.75, 3.05) is 26.2 Å². The van der Waals surface area contributed by atoms with Crippen LogP contribution in [-0.2, 0) is 4.79 Å². The van der Waals surface area contributed by atoms with Gasteiger partial charge in [0.25, 0.3) is 0 Å². The van der Waals surface area contributed by atoms with Crippen molar-refractivity contribution in [3.05, 3.63) is 0 Å². The number of carbonyl (C=O) groups is 1. The molecule has 9 heteroatoms. The number of alkyl halides is 3. The summed E-state index contributed by atoms with van der Waals surface area (Å²) in [6.07, 6.45) is 1.99. The minimum atomic E-state index is -4.11. The second kappa shape index (κ2) is 11.5. The molecular formula is C16H30Cl2F3N3O. The van der Waals surface area contributed by atoms with Crippen molar-refractivity contribution in [2.24, 2.45) is 17.6 Å². The number of likely N-dealkylation sites (tertiary alicyclic amines) is 1. The molecule has 2 aliphatic rings. The highest BCUT2D eigenvalue weighted by Gasteiger charge is 2.32. The molecule has 150 valence electrons. The number of nitrogens with zero attached hydrogens (tertiary/aromatic N) is 1. The summed E-state index contributed by atoms with van der Waals surface area (Å²) in [5.74, 6) is 0.537. The third kappa shape index (κ3) is 9.31. The van der Waals surface area contributed by atoms with Crippen molar-refractivity contribution in [1.82, 2.24) is 10.2 Å². The molecule has 1 heterocycles. The van der Waals surface area contributed by atoms with Crippen LogP contribution in [0.15, 0.2) is 0 Å². The van der Waals surface area contributed by atoms with Gasteiger partial charge < -0.3 is 11.1 Å². The molecule has 0 bridgehead atoms. The monoisotopic (exact) mass is 407 g/mol. The first-order valence-corrected chi connectivity index (χ1v) is 8.66. The van der Waals surface area contributed by atoms with Gasteiger partial charge in [0, 0.05) is 18.5 Å². The minimum Gasteiger partial charge on any atom is -0.356 e. The molecule has 1 saturated heterocycles. The molecule has 2 atom stereocenters.